The van der Waals surface area contributed by atoms with Gasteiger partial charge in [0.2, 0.25) is 0 Å². The van der Waals surface area contributed by atoms with Crippen molar-refractivity contribution in [2.75, 3.05) is 5.73 Å². The van der Waals surface area contributed by atoms with E-state index in [1.165, 1.54) is 0 Å². The molecule has 0 aliphatic heterocycles. The molecule has 0 amide bonds. The third-order valence-corrected chi connectivity index (χ3v) is 2.58. The zero-order valence-electron chi connectivity index (χ0n) is 8.63. The second kappa shape index (κ2) is 3.41. The Labute approximate surface area is 92.3 Å². The molecule has 2 heterocycles. The molecule has 0 unspecified atom stereocenters. The third-order valence-electron chi connectivity index (χ3n) is 2.58. The highest BCUT2D eigenvalue weighted by atomic mass is 16.3. The van der Waals surface area contributed by atoms with Crippen LogP contribution in [0.4, 0.5) is 5.69 Å². The largest absolute Gasteiger partial charge is 0.472 e. The van der Waals surface area contributed by atoms with E-state index < -0.39 is 0 Å². The van der Waals surface area contributed by atoms with Crippen LogP contribution in [-0.2, 0) is 6.54 Å². The topological polar surface area (TPSA) is 57.0 Å². The molecule has 2 aromatic heterocycles. The van der Waals surface area contributed by atoms with Gasteiger partial charge in [0.1, 0.15) is 0 Å². The molecule has 0 fully saturated rings. The fraction of sp³-hybridized carbons (Fsp3) is 0.0833. The fourth-order valence-corrected chi connectivity index (χ4v) is 1.79. The summed E-state index contributed by atoms with van der Waals surface area (Å²) in [7, 11) is 0. The number of nitrogen functional groups attached to an aromatic ring is 1. The summed E-state index contributed by atoms with van der Waals surface area (Å²) >= 11 is 0. The SMILES string of the molecule is Nc1ccc2c(c1)ncn2Cc1ccoc1. The van der Waals surface area contributed by atoms with Gasteiger partial charge in [0.15, 0.2) is 0 Å². The summed E-state index contributed by atoms with van der Waals surface area (Å²) in [5.41, 5.74) is 9.56. The molecule has 0 saturated carbocycles. The minimum atomic E-state index is 0.737. The Morgan fingerprint density at radius 3 is 3.06 bits per heavy atom. The number of imidazole rings is 1. The molecular weight excluding hydrogens is 202 g/mol. The molecule has 0 aliphatic carbocycles. The van der Waals surface area contributed by atoms with Gasteiger partial charge in [0, 0.05) is 11.3 Å². The van der Waals surface area contributed by atoms with Crippen molar-refractivity contribution in [2.24, 2.45) is 0 Å². The van der Waals surface area contributed by atoms with Crippen molar-refractivity contribution in [1.29, 1.82) is 0 Å². The monoisotopic (exact) mass is 213 g/mol. The van der Waals surface area contributed by atoms with Crippen LogP contribution in [0.3, 0.4) is 0 Å². The summed E-state index contributed by atoms with van der Waals surface area (Å²) in [6, 6.07) is 7.69. The number of hydrogen-bond acceptors (Lipinski definition) is 3. The van der Waals surface area contributed by atoms with Crippen molar-refractivity contribution in [2.45, 2.75) is 6.54 Å². The molecule has 4 heteroatoms. The quantitative estimate of drug-likeness (QED) is 0.664. The highest BCUT2D eigenvalue weighted by molar-refractivity contribution is 5.78. The molecule has 0 spiro atoms. The van der Waals surface area contributed by atoms with Gasteiger partial charge in [0.05, 0.1) is 36.4 Å². The summed E-state index contributed by atoms with van der Waals surface area (Å²) in [6.07, 6.45) is 5.23. The Morgan fingerprint density at radius 1 is 1.31 bits per heavy atom. The van der Waals surface area contributed by atoms with E-state index in [1.54, 1.807) is 12.5 Å². The van der Waals surface area contributed by atoms with Crippen LogP contribution >= 0.6 is 0 Å². The molecule has 80 valence electrons. The van der Waals surface area contributed by atoms with Crippen LogP contribution in [0.1, 0.15) is 5.56 Å². The normalized spacial score (nSPS) is 11.0. The van der Waals surface area contributed by atoms with Gasteiger partial charge in [-0.2, -0.15) is 0 Å². The van der Waals surface area contributed by atoms with E-state index in [4.69, 9.17) is 10.2 Å². The summed E-state index contributed by atoms with van der Waals surface area (Å²) < 4.78 is 7.11. The highest BCUT2D eigenvalue weighted by Crippen LogP contribution is 2.17. The van der Waals surface area contributed by atoms with E-state index in [1.807, 2.05) is 30.6 Å². The molecule has 0 saturated heterocycles. The molecule has 0 radical (unpaired) electrons. The number of furan rings is 1. The lowest BCUT2D eigenvalue weighted by molar-refractivity contribution is 0.562. The summed E-state index contributed by atoms with van der Waals surface area (Å²) in [5, 5.41) is 0. The lowest BCUT2D eigenvalue weighted by Gasteiger charge is -2.01. The van der Waals surface area contributed by atoms with Crippen LogP contribution < -0.4 is 5.73 Å². The van der Waals surface area contributed by atoms with Crippen molar-refractivity contribution in [3.05, 3.63) is 48.7 Å². The first-order valence-electron chi connectivity index (χ1n) is 5.04. The Balaban J connectivity index is 2.04. The predicted octanol–water partition coefficient (Wildman–Crippen LogP) is 2.26. The summed E-state index contributed by atoms with van der Waals surface area (Å²) in [5.74, 6) is 0. The maximum Gasteiger partial charge on any atom is 0.0961 e. The zero-order valence-corrected chi connectivity index (χ0v) is 8.63. The lowest BCUT2D eigenvalue weighted by atomic mass is 10.2. The van der Waals surface area contributed by atoms with Crippen LogP contribution in [0.15, 0.2) is 47.5 Å². The number of nitrogens with two attached hydrogens (primary N) is 1. The van der Waals surface area contributed by atoms with E-state index in [-0.39, 0.29) is 0 Å². The number of anilines is 1. The van der Waals surface area contributed by atoms with Crippen molar-refractivity contribution in [1.82, 2.24) is 9.55 Å². The number of nitrogens with zero attached hydrogens (tertiary/aromatic N) is 2. The number of rotatable bonds is 2. The van der Waals surface area contributed by atoms with Crippen molar-refractivity contribution >= 4 is 16.7 Å². The molecule has 4 nitrogen and oxygen atoms in total. The van der Waals surface area contributed by atoms with Gasteiger partial charge >= 0.3 is 0 Å². The Hall–Kier alpha value is -2.23. The van der Waals surface area contributed by atoms with E-state index in [9.17, 15) is 0 Å². The van der Waals surface area contributed by atoms with Gasteiger partial charge < -0.3 is 14.7 Å². The number of aromatic nitrogens is 2. The Morgan fingerprint density at radius 2 is 2.25 bits per heavy atom. The number of hydrogen-bond donors (Lipinski definition) is 1. The first-order valence-corrected chi connectivity index (χ1v) is 5.04. The zero-order chi connectivity index (χ0) is 11.0. The van der Waals surface area contributed by atoms with E-state index in [2.05, 4.69) is 9.55 Å². The van der Waals surface area contributed by atoms with Crippen LogP contribution in [0.25, 0.3) is 11.0 Å². The third kappa shape index (κ3) is 1.44. The number of benzene rings is 1. The smallest absolute Gasteiger partial charge is 0.0961 e. The maximum absolute atomic E-state index is 5.70. The summed E-state index contributed by atoms with van der Waals surface area (Å²) in [6.45, 7) is 0.761. The van der Waals surface area contributed by atoms with Crippen LogP contribution in [0.5, 0.6) is 0 Å². The molecule has 3 rings (SSSR count). The van der Waals surface area contributed by atoms with Gasteiger partial charge in [-0.05, 0) is 24.3 Å². The van der Waals surface area contributed by atoms with E-state index in [0.29, 0.717) is 0 Å². The Kier molecular flexibility index (Phi) is 1.93. The van der Waals surface area contributed by atoms with Gasteiger partial charge in [0.25, 0.3) is 0 Å². The molecule has 1 aromatic carbocycles. The second-order valence-corrected chi connectivity index (χ2v) is 3.75. The van der Waals surface area contributed by atoms with Crippen molar-refractivity contribution in [3.8, 4) is 0 Å². The molecular formula is C12H11N3O. The average molecular weight is 213 g/mol. The minimum absolute atomic E-state index is 0.737. The first-order chi connectivity index (χ1) is 7.83. The Bertz CT molecular complexity index is 610. The van der Waals surface area contributed by atoms with Crippen molar-refractivity contribution in [3.63, 3.8) is 0 Å². The number of fused-ring (bicyclic) bond motifs is 1. The summed E-state index contributed by atoms with van der Waals surface area (Å²) in [4.78, 5) is 4.31. The first kappa shape index (κ1) is 9.03. The van der Waals surface area contributed by atoms with Crippen LogP contribution in [0.2, 0.25) is 0 Å². The van der Waals surface area contributed by atoms with Gasteiger partial charge in [-0.1, -0.05) is 0 Å². The lowest BCUT2D eigenvalue weighted by Crippen LogP contribution is -1.96. The van der Waals surface area contributed by atoms with Gasteiger partial charge in [-0.15, -0.1) is 0 Å². The van der Waals surface area contributed by atoms with Crippen LogP contribution in [-0.4, -0.2) is 9.55 Å². The van der Waals surface area contributed by atoms with Gasteiger partial charge in [-0.3, -0.25) is 0 Å². The molecule has 0 aliphatic rings. The fourth-order valence-electron chi connectivity index (χ4n) is 1.79. The van der Waals surface area contributed by atoms with Crippen LogP contribution in [0, 0.1) is 0 Å². The van der Waals surface area contributed by atoms with E-state index in [0.717, 1.165) is 28.8 Å². The maximum atomic E-state index is 5.70. The molecule has 2 N–H and O–H groups in total. The molecule has 16 heavy (non-hydrogen) atoms. The molecule has 3 aromatic rings. The standard InChI is InChI=1S/C12H11N3O/c13-10-1-2-12-11(5-10)14-8-15(12)6-9-3-4-16-7-9/h1-5,7-8H,6,13H2. The minimum Gasteiger partial charge on any atom is -0.472 e. The second-order valence-electron chi connectivity index (χ2n) is 3.75. The molecule has 0 bridgehead atoms. The van der Waals surface area contributed by atoms with Crippen molar-refractivity contribution < 1.29 is 4.42 Å². The molecule has 0 atom stereocenters. The highest BCUT2D eigenvalue weighted by Gasteiger charge is 2.03. The average Bonchev–Trinajstić information content (AvgIpc) is 2.89. The van der Waals surface area contributed by atoms with E-state index >= 15 is 0 Å². The predicted molar refractivity (Wildman–Crippen MR) is 62.0 cm³/mol. The van der Waals surface area contributed by atoms with Gasteiger partial charge in [-0.25, -0.2) is 4.98 Å².